The summed E-state index contributed by atoms with van der Waals surface area (Å²) in [4.78, 5) is 4.26. The highest BCUT2D eigenvalue weighted by molar-refractivity contribution is 7.89. The largest absolute Gasteiger partial charge is 0.397 e. The number of nitrogens with two attached hydrogens (primary N) is 2. The van der Waals surface area contributed by atoms with Crippen LogP contribution in [0, 0.1) is 6.92 Å². The molecular weight excluding hydrogens is 276 g/mol. The van der Waals surface area contributed by atoms with Gasteiger partial charge in [-0.1, -0.05) is 12.1 Å². The molecule has 0 saturated heterocycles. The fraction of sp³-hybridized carbons (Fsp3) is 0.154. The Balaban J connectivity index is 2.06. The lowest BCUT2D eigenvalue weighted by Crippen LogP contribution is -2.12. The Morgan fingerprint density at radius 2 is 1.90 bits per heavy atom. The smallest absolute Gasteiger partial charge is 0.238 e. The molecule has 0 atom stereocenters. The highest BCUT2D eigenvalue weighted by atomic mass is 32.2. The van der Waals surface area contributed by atoms with E-state index in [-0.39, 0.29) is 4.90 Å². The molecule has 1 aromatic heterocycles. The van der Waals surface area contributed by atoms with Crippen molar-refractivity contribution in [1.29, 1.82) is 0 Å². The van der Waals surface area contributed by atoms with Gasteiger partial charge < -0.3 is 11.1 Å². The average Bonchev–Trinajstić information content (AvgIpc) is 2.40. The molecule has 0 fully saturated rings. The van der Waals surface area contributed by atoms with Gasteiger partial charge in [-0.25, -0.2) is 18.5 Å². The summed E-state index contributed by atoms with van der Waals surface area (Å²) < 4.78 is 22.3. The highest BCUT2D eigenvalue weighted by Gasteiger charge is 2.06. The van der Waals surface area contributed by atoms with Crippen molar-refractivity contribution < 1.29 is 8.42 Å². The number of hydrogen-bond donors (Lipinski definition) is 3. The van der Waals surface area contributed by atoms with Crippen LogP contribution in [0.5, 0.6) is 0 Å². The fourth-order valence-electron chi connectivity index (χ4n) is 1.65. The number of rotatable bonds is 4. The minimum atomic E-state index is -3.64. The van der Waals surface area contributed by atoms with Crippen molar-refractivity contribution in [2.75, 3.05) is 11.1 Å². The van der Waals surface area contributed by atoms with Crippen molar-refractivity contribution in [2.45, 2.75) is 18.4 Å². The van der Waals surface area contributed by atoms with E-state index in [0.29, 0.717) is 18.1 Å². The molecule has 0 aliphatic heterocycles. The van der Waals surface area contributed by atoms with E-state index in [1.54, 1.807) is 18.3 Å². The van der Waals surface area contributed by atoms with E-state index >= 15 is 0 Å². The van der Waals surface area contributed by atoms with Crippen molar-refractivity contribution in [2.24, 2.45) is 5.14 Å². The molecule has 0 unspecified atom stereocenters. The first kappa shape index (κ1) is 14.3. The lowest BCUT2D eigenvalue weighted by molar-refractivity contribution is 0.598. The number of pyridine rings is 1. The normalized spacial score (nSPS) is 11.3. The van der Waals surface area contributed by atoms with Crippen molar-refractivity contribution >= 4 is 21.5 Å². The van der Waals surface area contributed by atoms with E-state index in [0.717, 1.165) is 11.1 Å². The molecule has 0 amide bonds. The molecular formula is C13H16N4O2S. The van der Waals surface area contributed by atoms with Gasteiger partial charge in [-0.15, -0.1) is 0 Å². The van der Waals surface area contributed by atoms with Gasteiger partial charge in [-0.05, 0) is 36.2 Å². The zero-order valence-corrected chi connectivity index (χ0v) is 11.8. The minimum Gasteiger partial charge on any atom is -0.397 e. The molecule has 20 heavy (non-hydrogen) atoms. The molecule has 2 aromatic rings. The fourth-order valence-corrected chi connectivity index (χ4v) is 2.17. The zero-order valence-electron chi connectivity index (χ0n) is 11.0. The average molecular weight is 292 g/mol. The number of nitrogens with one attached hydrogen (secondary N) is 1. The quantitative estimate of drug-likeness (QED) is 0.785. The number of benzene rings is 1. The van der Waals surface area contributed by atoms with Crippen LogP contribution in [0.3, 0.4) is 0 Å². The summed E-state index contributed by atoms with van der Waals surface area (Å²) >= 11 is 0. The van der Waals surface area contributed by atoms with Crippen LogP contribution in [0.1, 0.15) is 11.1 Å². The first-order valence-electron chi connectivity index (χ1n) is 5.94. The third kappa shape index (κ3) is 3.46. The summed E-state index contributed by atoms with van der Waals surface area (Å²) in [6.45, 7) is 2.43. The van der Waals surface area contributed by atoms with E-state index in [4.69, 9.17) is 10.9 Å². The van der Waals surface area contributed by atoms with Crippen LogP contribution in [-0.4, -0.2) is 13.4 Å². The summed E-state index contributed by atoms with van der Waals surface area (Å²) in [5.41, 5.74) is 8.22. The van der Waals surface area contributed by atoms with Crippen molar-refractivity contribution in [3.8, 4) is 0 Å². The summed E-state index contributed by atoms with van der Waals surface area (Å²) in [6, 6.07) is 8.23. The Hall–Kier alpha value is -2.12. The van der Waals surface area contributed by atoms with E-state index in [2.05, 4.69) is 10.3 Å². The van der Waals surface area contributed by atoms with Gasteiger partial charge in [-0.3, -0.25) is 0 Å². The van der Waals surface area contributed by atoms with E-state index in [9.17, 15) is 8.42 Å². The van der Waals surface area contributed by atoms with Gasteiger partial charge in [0, 0.05) is 6.54 Å². The number of sulfonamides is 1. The lowest BCUT2D eigenvalue weighted by atomic mass is 10.2. The highest BCUT2D eigenvalue weighted by Crippen LogP contribution is 2.14. The van der Waals surface area contributed by atoms with Crippen LogP contribution in [0.2, 0.25) is 0 Å². The van der Waals surface area contributed by atoms with Gasteiger partial charge in [0.15, 0.2) is 0 Å². The van der Waals surface area contributed by atoms with Crippen LogP contribution in [0.25, 0.3) is 0 Å². The first-order valence-corrected chi connectivity index (χ1v) is 7.48. The molecule has 0 bridgehead atoms. The lowest BCUT2D eigenvalue weighted by Gasteiger charge is -2.08. The Kier molecular flexibility index (Phi) is 3.91. The molecule has 6 nitrogen and oxygen atoms in total. The Morgan fingerprint density at radius 1 is 1.25 bits per heavy atom. The number of nitrogens with zero attached hydrogens (tertiary/aromatic N) is 1. The van der Waals surface area contributed by atoms with E-state index in [1.165, 1.54) is 12.1 Å². The van der Waals surface area contributed by atoms with Gasteiger partial charge in [0.2, 0.25) is 10.0 Å². The molecule has 0 saturated carbocycles. The number of anilines is 2. The molecule has 0 radical (unpaired) electrons. The second-order valence-corrected chi connectivity index (χ2v) is 6.03. The molecule has 0 aliphatic carbocycles. The number of nitrogen functional groups attached to an aromatic ring is 1. The molecule has 106 valence electrons. The summed E-state index contributed by atoms with van der Waals surface area (Å²) in [7, 11) is -3.64. The van der Waals surface area contributed by atoms with Crippen molar-refractivity contribution in [3.05, 3.63) is 47.7 Å². The van der Waals surface area contributed by atoms with E-state index in [1.807, 2.05) is 13.0 Å². The van der Waals surface area contributed by atoms with Gasteiger partial charge in [0.05, 0.1) is 16.8 Å². The molecule has 1 heterocycles. The van der Waals surface area contributed by atoms with Crippen molar-refractivity contribution in [3.63, 3.8) is 0 Å². The molecule has 5 N–H and O–H groups in total. The third-order valence-electron chi connectivity index (χ3n) is 2.88. The van der Waals surface area contributed by atoms with Gasteiger partial charge in [0.25, 0.3) is 0 Å². The number of aryl methyl sites for hydroxylation is 1. The maximum Gasteiger partial charge on any atom is 0.238 e. The van der Waals surface area contributed by atoms with Crippen molar-refractivity contribution in [1.82, 2.24) is 4.98 Å². The SMILES string of the molecule is Cc1cc(NCc2ccc(S(N)(=O)=O)cc2)ncc1N. The van der Waals surface area contributed by atoms with Crippen LogP contribution < -0.4 is 16.2 Å². The second-order valence-electron chi connectivity index (χ2n) is 4.47. The summed E-state index contributed by atoms with van der Waals surface area (Å²) in [6.07, 6.45) is 1.60. The zero-order chi connectivity index (χ0) is 14.8. The van der Waals surface area contributed by atoms with Crippen LogP contribution in [0.15, 0.2) is 41.4 Å². The summed E-state index contributed by atoms with van der Waals surface area (Å²) in [5, 5.41) is 8.18. The minimum absolute atomic E-state index is 0.0997. The number of aromatic nitrogens is 1. The van der Waals surface area contributed by atoms with Crippen LogP contribution in [0.4, 0.5) is 11.5 Å². The Labute approximate surface area is 117 Å². The van der Waals surface area contributed by atoms with Gasteiger partial charge in [-0.2, -0.15) is 0 Å². The standard InChI is InChI=1S/C13H16N4O2S/c1-9-6-13(17-8-12(9)14)16-7-10-2-4-11(5-3-10)20(15,18)19/h2-6,8H,7,14H2,1H3,(H,16,17)(H2,15,18,19). The molecule has 0 spiro atoms. The van der Waals surface area contributed by atoms with Gasteiger partial charge >= 0.3 is 0 Å². The predicted molar refractivity (Wildman–Crippen MR) is 78.5 cm³/mol. The monoisotopic (exact) mass is 292 g/mol. The summed E-state index contributed by atoms with van der Waals surface area (Å²) in [5.74, 6) is 0.715. The number of primary sulfonamides is 1. The topological polar surface area (TPSA) is 111 Å². The Morgan fingerprint density at radius 3 is 2.45 bits per heavy atom. The molecule has 0 aliphatic rings. The number of hydrogen-bond acceptors (Lipinski definition) is 5. The molecule has 2 rings (SSSR count). The first-order chi connectivity index (χ1) is 9.36. The molecule has 1 aromatic carbocycles. The maximum absolute atomic E-state index is 11.1. The van der Waals surface area contributed by atoms with Crippen LogP contribution in [-0.2, 0) is 16.6 Å². The molecule has 7 heteroatoms. The van der Waals surface area contributed by atoms with Gasteiger partial charge in [0.1, 0.15) is 5.82 Å². The predicted octanol–water partition coefficient (Wildman–Crippen LogP) is 1.23. The third-order valence-corrected chi connectivity index (χ3v) is 3.81. The maximum atomic E-state index is 11.1. The van der Waals surface area contributed by atoms with E-state index < -0.39 is 10.0 Å². The second kappa shape index (κ2) is 5.48. The van der Waals surface area contributed by atoms with Crippen LogP contribution >= 0.6 is 0 Å². The Bertz CT molecular complexity index is 712.